The summed E-state index contributed by atoms with van der Waals surface area (Å²) in [5.41, 5.74) is 6.71. The third kappa shape index (κ3) is 3.97. The lowest BCUT2D eigenvalue weighted by molar-refractivity contribution is -0.137. The van der Waals surface area contributed by atoms with Crippen molar-refractivity contribution < 1.29 is 18.7 Å². The van der Waals surface area contributed by atoms with Crippen LogP contribution >= 0.6 is 0 Å². The molecule has 8 heteroatoms. The van der Waals surface area contributed by atoms with Crippen LogP contribution in [0.15, 0.2) is 29.1 Å². The van der Waals surface area contributed by atoms with Crippen LogP contribution in [0.3, 0.4) is 0 Å². The molecule has 7 nitrogen and oxygen atoms in total. The number of likely N-dealkylation sites (tertiary alicyclic amines) is 1. The van der Waals surface area contributed by atoms with Crippen LogP contribution in [0.25, 0.3) is 17.0 Å². The highest BCUT2D eigenvalue weighted by atomic mass is 19.1. The maximum atomic E-state index is 14.8. The van der Waals surface area contributed by atoms with Gasteiger partial charge in [-0.05, 0) is 56.6 Å². The minimum atomic E-state index is -0.562. The molecule has 1 fully saturated rings. The number of hydrogen-bond donors (Lipinski definition) is 1. The largest absolute Gasteiger partial charge is 0.486 e. The van der Waals surface area contributed by atoms with Crippen molar-refractivity contribution in [2.75, 3.05) is 32.8 Å². The van der Waals surface area contributed by atoms with Crippen LogP contribution in [0.2, 0.25) is 0 Å². The van der Waals surface area contributed by atoms with E-state index in [0.717, 1.165) is 25.9 Å². The van der Waals surface area contributed by atoms with Crippen LogP contribution < -0.4 is 16.0 Å². The summed E-state index contributed by atoms with van der Waals surface area (Å²) in [5, 5.41) is 0.650. The molecule has 2 aliphatic heterocycles. The van der Waals surface area contributed by atoms with Gasteiger partial charge in [-0.25, -0.2) is 9.18 Å². The summed E-state index contributed by atoms with van der Waals surface area (Å²) in [4.78, 5) is 26.7. The van der Waals surface area contributed by atoms with Crippen molar-refractivity contribution >= 4 is 22.9 Å². The minimum Gasteiger partial charge on any atom is -0.486 e. The number of halogens is 1. The molecule has 4 rings (SSSR count). The van der Waals surface area contributed by atoms with Gasteiger partial charge in [-0.2, -0.15) is 0 Å². The Bertz CT molecular complexity index is 1040. The van der Waals surface area contributed by atoms with Gasteiger partial charge in [-0.3, -0.25) is 9.36 Å². The molecule has 2 N–H and O–H groups in total. The Hall–Kier alpha value is -2.71. The maximum absolute atomic E-state index is 14.8. The zero-order valence-electron chi connectivity index (χ0n) is 17.0. The molecule has 2 aromatic rings. The molecule has 0 aliphatic carbocycles. The number of pyridine rings is 1. The molecule has 1 aromatic carbocycles. The first-order valence-electron chi connectivity index (χ1n) is 10.3. The van der Waals surface area contributed by atoms with Gasteiger partial charge in [-0.15, -0.1) is 0 Å². The van der Waals surface area contributed by atoms with E-state index in [-0.39, 0.29) is 36.6 Å². The van der Waals surface area contributed by atoms with Crippen molar-refractivity contribution in [1.29, 1.82) is 0 Å². The lowest BCUT2D eigenvalue weighted by atomic mass is 10.0. The summed E-state index contributed by atoms with van der Waals surface area (Å²) in [7, 11) is 0. The van der Waals surface area contributed by atoms with Crippen molar-refractivity contribution in [1.82, 2.24) is 9.47 Å². The zero-order chi connectivity index (χ0) is 21.3. The lowest BCUT2D eigenvalue weighted by Crippen LogP contribution is -2.45. The van der Waals surface area contributed by atoms with Gasteiger partial charge in [0, 0.05) is 30.1 Å². The van der Waals surface area contributed by atoms with Gasteiger partial charge < -0.3 is 20.1 Å². The van der Waals surface area contributed by atoms with E-state index >= 15 is 0 Å². The number of carbonyl (C=O) groups is 1. The maximum Gasteiger partial charge on any atom is 0.330 e. The average molecular weight is 415 g/mol. The summed E-state index contributed by atoms with van der Waals surface area (Å²) < 4.78 is 27.1. The second-order valence-electron chi connectivity index (χ2n) is 7.77. The first-order chi connectivity index (χ1) is 14.5. The lowest BCUT2D eigenvalue weighted by Gasteiger charge is -2.35. The number of nitrogens with zero attached hydrogens (tertiary/aromatic N) is 2. The second-order valence-corrected chi connectivity index (χ2v) is 7.77. The topological polar surface area (TPSA) is 86.8 Å². The quantitative estimate of drug-likeness (QED) is 0.594. The van der Waals surface area contributed by atoms with Crippen LogP contribution in [0.4, 0.5) is 4.39 Å². The minimum absolute atomic E-state index is 0.0768. The molecule has 1 atom stereocenters. The van der Waals surface area contributed by atoms with Crippen molar-refractivity contribution in [2.45, 2.75) is 31.8 Å². The number of nitrogens with two attached hydrogens (primary N) is 1. The Balaban J connectivity index is 1.74. The number of piperidine rings is 1. The van der Waals surface area contributed by atoms with Crippen LogP contribution in [-0.2, 0) is 9.53 Å². The van der Waals surface area contributed by atoms with Gasteiger partial charge >= 0.3 is 5.97 Å². The van der Waals surface area contributed by atoms with Gasteiger partial charge in [0.1, 0.15) is 6.61 Å². The highest BCUT2D eigenvalue weighted by Gasteiger charge is 2.29. The van der Waals surface area contributed by atoms with E-state index in [9.17, 15) is 14.0 Å². The van der Waals surface area contributed by atoms with Crippen LogP contribution in [0.5, 0.6) is 5.75 Å². The van der Waals surface area contributed by atoms with E-state index in [2.05, 4.69) is 4.90 Å². The predicted octanol–water partition coefficient (Wildman–Crippen LogP) is 2.07. The third-order valence-electron chi connectivity index (χ3n) is 5.72. The molecule has 0 bridgehead atoms. The first kappa shape index (κ1) is 20.6. The van der Waals surface area contributed by atoms with E-state index in [4.69, 9.17) is 15.2 Å². The summed E-state index contributed by atoms with van der Waals surface area (Å²) >= 11 is 0. The van der Waals surface area contributed by atoms with E-state index in [1.165, 1.54) is 24.3 Å². The monoisotopic (exact) mass is 415 g/mol. The molecule has 1 saturated heterocycles. The summed E-state index contributed by atoms with van der Waals surface area (Å²) in [6.45, 7) is 4.57. The molecule has 0 spiro atoms. The number of esters is 1. The van der Waals surface area contributed by atoms with Gasteiger partial charge in [0.25, 0.3) is 5.56 Å². The number of hydrogen-bond acceptors (Lipinski definition) is 6. The Morgan fingerprint density at radius 3 is 2.87 bits per heavy atom. The fraction of sp³-hybridized carbons (Fsp3) is 0.455. The Labute approximate surface area is 173 Å². The summed E-state index contributed by atoms with van der Waals surface area (Å²) in [6.07, 6.45) is 4.60. The highest BCUT2D eigenvalue weighted by molar-refractivity contribution is 5.96. The Morgan fingerprint density at radius 1 is 1.37 bits per heavy atom. The highest BCUT2D eigenvalue weighted by Crippen LogP contribution is 2.36. The Kier molecular flexibility index (Phi) is 5.87. The van der Waals surface area contributed by atoms with E-state index in [1.807, 2.05) is 0 Å². The molecule has 2 aliphatic rings. The molecular formula is C22H26FN3O4. The molecule has 0 amide bonds. The van der Waals surface area contributed by atoms with Crippen molar-refractivity contribution in [3.05, 3.63) is 46.0 Å². The average Bonchev–Trinajstić information content (AvgIpc) is 2.73. The normalized spacial score (nSPS) is 19.9. The van der Waals surface area contributed by atoms with Gasteiger partial charge in [0.2, 0.25) is 0 Å². The Morgan fingerprint density at radius 2 is 2.13 bits per heavy atom. The van der Waals surface area contributed by atoms with Crippen LogP contribution in [0.1, 0.15) is 31.4 Å². The molecule has 160 valence electrons. The summed E-state index contributed by atoms with van der Waals surface area (Å²) in [6, 6.07) is 4.43. The number of ether oxygens (including phenoxy) is 2. The SMILES string of the molecule is CCOC(=O)/C=C/c1cc(F)c2c3c1ccc(=O)n3[C@H](CN1CCC(N)CC1)CO2. The fourth-order valence-corrected chi connectivity index (χ4v) is 4.22. The van der Waals surface area contributed by atoms with E-state index in [0.29, 0.717) is 23.0 Å². The zero-order valence-corrected chi connectivity index (χ0v) is 17.0. The molecule has 0 unspecified atom stereocenters. The van der Waals surface area contributed by atoms with Gasteiger partial charge in [0.15, 0.2) is 11.6 Å². The van der Waals surface area contributed by atoms with Gasteiger partial charge in [-0.1, -0.05) is 0 Å². The summed E-state index contributed by atoms with van der Waals surface area (Å²) in [5.74, 6) is -0.992. The second kappa shape index (κ2) is 8.57. The number of carbonyl (C=O) groups excluding carboxylic acids is 1. The molecule has 0 saturated carbocycles. The van der Waals surface area contributed by atoms with Crippen LogP contribution in [0, 0.1) is 5.82 Å². The third-order valence-corrected chi connectivity index (χ3v) is 5.72. The first-order valence-corrected chi connectivity index (χ1v) is 10.3. The molecule has 1 aromatic heterocycles. The fourth-order valence-electron chi connectivity index (χ4n) is 4.22. The van der Waals surface area contributed by atoms with Crippen molar-refractivity contribution in [2.24, 2.45) is 5.73 Å². The molecule has 0 radical (unpaired) electrons. The molecule has 3 heterocycles. The predicted molar refractivity (Wildman–Crippen MR) is 112 cm³/mol. The number of aromatic nitrogens is 1. The molecule has 30 heavy (non-hydrogen) atoms. The van der Waals surface area contributed by atoms with Crippen molar-refractivity contribution in [3.63, 3.8) is 0 Å². The molecular weight excluding hydrogens is 389 g/mol. The number of rotatable bonds is 5. The smallest absolute Gasteiger partial charge is 0.330 e. The number of benzene rings is 1. The van der Waals surface area contributed by atoms with Gasteiger partial charge in [0.05, 0.1) is 18.2 Å². The van der Waals surface area contributed by atoms with E-state index in [1.54, 1.807) is 17.6 Å². The van der Waals surface area contributed by atoms with Crippen LogP contribution in [-0.4, -0.2) is 54.3 Å². The van der Waals surface area contributed by atoms with Crippen molar-refractivity contribution in [3.8, 4) is 5.75 Å². The van der Waals surface area contributed by atoms with E-state index < -0.39 is 11.8 Å². The standard InChI is InChI=1S/C22H26FN3O4/c1-2-29-20(28)6-3-14-11-18(23)22-21-17(14)4-5-19(27)26(21)16(13-30-22)12-25-9-7-15(24)8-10-25/h3-6,11,15-16H,2,7-10,12-13,24H2,1H3/b6-3+/t16-/m1/s1.